The van der Waals surface area contributed by atoms with Gasteiger partial charge in [0.25, 0.3) is 5.91 Å². The van der Waals surface area contributed by atoms with Crippen LogP contribution in [-0.4, -0.2) is 27.5 Å². The number of hydrogen-bond donors (Lipinski definition) is 1. The average molecular weight is 242 g/mol. The van der Waals surface area contributed by atoms with Crippen LogP contribution in [0.4, 0.5) is 0 Å². The van der Waals surface area contributed by atoms with Crippen LogP contribution in [-0.2, 0) is 0 Å². The van der Waals surface area contributed by atoms with Gasteiger partial charge in [-0.05, 0) is 6.26 Å². The lowest BCUT2D eigenvalue weighted by molar-refractivity contribution is 0.0965. The molecule has 1 amide bonds. The number of amides is 1. The van der Waals surface area contributed by atoms with E-state index in [1.807, 2.05) is 6.26 Å². The van der Waals surface area contributed by atoms with Crippen molar-refractivity contribution in [3.8, 4) is 10.7 Å². The maximum Gasteiger partial charge on any atom is 0.287 e. The van der Waals surface area contributed by atoms with Gasteiger partial charge in [0.15, 0.2) is 9.35 Å². The molecular formula is C7H6N4O2S2. The Morgan fingerprint density at radius 1 is 1.60 bits per heavy atom. The lowest BCUT2D eigenvalue weighted by Gasteiger charge is -1.81. The van der Waals surface area contributed by atoms with Crippen molar-refractivity contribution in [1.82, 2.24) is 15.4 Å². The van der Waals surface area contributed by atoms with Crippen molar-refractivity contribution >= 4 is 29.0 Å². The van der Waals surface area contributed by atoms with Gasteiger partial charge in [-0.1, -0.05) is 28.3 Å². The number of hydrogen-bond acceptors (Lipinski definition) is 7. The van der Waals surface area contributed by atoms with Crippen LogP contribution in [0.1, 0.15) is 10.6 Å². The smallest absolute Gasteiger partial charge is 0.287 e. The van der Waals surface area contributed by atoms with Crippen molar-refractivity contribution in [3.63, 3.8) is 0 Å². The number of carbonyl (C=O) groups is 1. The molecule has 2 rings (SSSR count). The second-order valence-corrected chi connectivity index (χ2v) is 4.55. The normalized spacial score (nSPS) is 10.5. The largest absolute Gasteiger partial charge is 0.363 e. The number of thioether (sulfide) groups is 1. The summed E-state index contributed by atoms with van der Waals surface area (Å²) in [4.78, 5) is 10.8. The zero-order valence-corrected chi connectivity index (χ0v) is 9.26. The van der Waals surface area contributed by atoms with E-state index in [4.69, 9.17) is 10.3 Å². The van der Waals surface area contributed by atoms with Gasteiger partial charge in [0.1, 0.15) is 5.69 Å². The Hall–Kier alpha value is -1.41. The molecule has 0 radical (unpaired) electrons. The van der Waals surface area contributed by atoms with Gasteiger partial charge in [-0.3, -0.25) is 4.79 Å². The van der Waals surface area contributed by atoms with E-state index in [0.29, 0.717) is 10.7 Å². The molecule has 0 fully saturated rings. The van der Waals surface area contributed by atoms with Gasteiger partial charge in [-0.25, -0.2) is 0 Å². The molecule has 0 saturated heterocycles. The SMILES string of the molecule is CSc1nnc(-c2cc(C(N)=O)on2)s1. The van der Waals surface area contributed by atoms with Crippen LogP contribution in [0.5, 0.6) is 0 Å². The Morgan fingerprint density at radius 2 is 2.40 bits per heavy atom. The molecule has 2 heterocycles. The van der Waals surface area contributed by atoms with Gasteiger partial charge < -0.3 is 10.3 Å². The van der Waals surface area contributed by atoms with E-state index in [1.54, 1.807) is 0 Å². The summed E-state index contributed by atoms with van der Waals surface area (Å²) in [7, 11) is 0. The Labute approximate surface area is 92.9 Å². The van der Waals surface area contributed by atoms with Gasteiger partial charge in [0.2, 0.25) is 5.76 Å². The number of aromatic nitrogens is 3. The lowest BCUT2D eigenvalue weighted by Crippen LogP contribution is -2.09. The van der Waals surface area contributed by atoms with Crippen LogP contribution in [0.3, 0.4) is 0 Å². The van der Waals surface area contributed by atoms with Crippen molar-refractivity contribution in [2.24, 2.45) is 5.73 Å². The molecule has 78 valence electrons. The van der Waals surface area contributed by atoms with Crippen LogP contribution >= 0.6 is 23.1 Å². The second kappa shape index (κ2) is 3.99. The van der Waals surface area contributed by atoms with Gasteiger partial charge in [-0.15, -0.1) is 10.2 Å². The summed E-state index contributed by atoms with van der Waals surface area (Å²) < 4.78 is 5.56. The standard InChI is InChI=1S/C7H6N4O2S2/c1-14-7-10-9-6(15-7)3-2-4(5(8)12)13-11-3/h2H,1H3,(H2,8,12). The fourth-order valence-corrected chi connectivity index (χ4v) is 2.11. The Balaban J connectivity index is 2.32. The van der Waals surface area contributed by atoms with E-state index >= 15 is 0 Å². The van der Waals surface area contributed by atoms with Gasteiger partial charge >= 0.3 is 0 Å². The summed E-state index contributed by atoms with van der Waals surface area (Å²) in [5.41, 5.74) is 5.50. The first-order valence-electron chi connectivity index (χ1n) is 3.85. The predicted octanol–water partition coefficient (Wildman–Crippen LogP) is 1.01. The first-order chi connectivity index (χ1) is 7.20. The minimum absolute atomic E-state index is 0.0194. The van der Waals surface area contributed by atoms with E-state index in [0.717, 1.165) is 4.34 Å². The molecule has 2 N–H and O–H groups in total. The fraction of sp³-hybridized carbons (Fsp3) is 0.143. The van der Waals surface area contributed by atoms with Crippen molar-refractivity contribution < 1.29 is 9.32 Å². The third-order valence-corrected chi connectivity index (χ3v) is 3.47. The Kier molecular flexibility index (Phi) is 2.69. The maximum atomic E-state index is 10.8. The number of nitrogens with zero attached hydrogens (tertiary/aromatic N) is 3. The molecule has 2 aromatic rings. The minimum atomic E-state index is -0.650. The second-order valence-electron chi connectivity index (χ2n) is 2.52. The highest BCUT2D eigenvalue weighted by Gasteiger charge is 2.14. The van der Waals surface area contributed by atoms with Crippen LogP contribution in [0, 0.1) is 0 Å². The third kappa shape index (κ3) is 2.00. The molecular weight excluding hydrogens is 236 g/mol. The molecule has 0 aliphatic carbocycles. The highest BCUT2D eigenvalue weighted by atomic mass is 32.2. The van der Waals surface area contributed by atoms with Crippen LogP contribution in [0.2, 0.25) is 0 Å². The Morgan fingerprint density at radius 3 is 2.93 bits per heavy atom. The monoisotopic (exact) mass is 242 g/mol. The van der Waals surface area contributed by atoms with Crippen molar-refractivity contribution in [3.05, 3.63) is 11.8 Å². The quantitative estimate of drug-likeness (QED) is 0.807. The van der Waals surface area contributed by atoms with Crippen molar-refractivity contribution in [1.29, 1.82) is 0 Å². The first kappa shape index (κ1) is 10.1. The van der Waals surface area contributed by atoms with Crippen LogP contribution in [0.15, 0.2) is 14.9 Å². The molecule has 0 saturated carbocycles. The summed E-state index contributed by atoms with van der Waals surface area (Å²) >= 11 is 2.87. The van der Waals surface area contributed by atoms with Gasteiger partial charge in [-0.2, -0.15) is 0 Å². The number of primary amides is 1. The Bertz CT molecular complexity index is 493. The summed E-state index contributed by atoms with van der Waals surface area (Å²) in [6, 6.07) is 1.45. The van der Waals surface area contributed by atoms with Crippen molar-refractivity contribution in [2.45, 2.75) is 4.34 Å². The van der Waals surface area contributed by atoms with Crippen LogP contribution < -0.4 is 5.73 Å². The predicted molar refractivity (Wildman–Crippen MR) is 55.7 cm³/mol. The van der Waals surface area contributed by atoms with E-state index < -0.39 is 5.91 Å². The maximum absolute atomic E-state index is 10.8. The van der Waals surface area contributed by atoms with E-state index in [2.05, 4.69) is 15.4 Å². The third-order valence-electron chi connectivity index (χ3n) is 1.55. The first-order valence-corrected chi connectivity index (χ1v) is 5.89. The topological polar surface area (TPSA) is 94.9 Å². The molecule has 0 unspecified atom stereocenters. The molecule has 0 spiro atoms. The molecule has 0 aliphatic rings. The summed E-state index contributed by atoms with van der Waals surface area (Å²) in [5.74, 6) is -0.630. The molecule has 0 bridgehead atoms. The summed E-state index contributed by atoms with van der Waals surface area (Å²) in [5, 5.41) is 12.1. The van der Waals surface area contributed by atoms with Crippen molar-refractivity contribution in [2.75, 3.05) is 6.26 Å². The molecule has 15 heavy (non-hydrogen) atoms. The van der Waals surface area contributed by atoms with Gasteiger partial charge in [0.05, 0.1) is 0 Å². The molecule has 0 atom stereocenters. The highest BCUT2D eigenvalue weighted by molar-refractivity contribution is 8.00. The minimum Gasteiger partial charge on any atom is -0.363 e. The molecule has 2 aromatic heterocycles. The zero-order chi connectivity index (χ0) is 10.8. The average Bonchev–Trinajstić information content (AvgIpc) is 2.86. The number of carbonyl (C=O) groups excluding carboxylic acids is 1. The molecule has 8 heteroatoms. The van der Waals surface area contributed by atoms with Gasteiger partial charge in [0, 0.05) is 6.07 Å². The fourth-order valence-electron chi connectivity index (χ4n) is 0.888. The molecule has 0 aromatic carbocycles. The molecule has 6 nitrogen and oxygen atoms in total. The molecule has 0 aliphatic heterocycles. The summed E-state index contributed by atoms with van der Waals surface area (Å²) in [6.07, 6.45) is 1.90. The lowest BCUT2D eigenvalue weighted by atomic mass is 10.3. The number of nitrogens with two attached hydrogens (primary N) is 1. The van der Waals surface area contributed by atoms with E-state index in [-0.39, 0.29) is 5.76 Å². The highest BCUT2D eigenvalue weighted by Crippen LogP contribution is 2.27. The summed E-state index contributed by atoms with van der Waals surface area (Å²) in [6.45, 7) is 0. The zero-order valence-electron chi connectivity index (χ0n) is 7.63. The number of rotatable bonds is 3. The van der Waals surface area contributed by atoms with E-state index in [9.17, 15) is 4.79 Å². The van der Waals surface area contributed by atoms with Crippen LogP contribution in [0.25, 0.3) is 10.7 Å². The van der Waals surface area contributed by atoms with E-state index in [1.165, 1.54) is 29.2 Å².